The summed E-state index contributed by atoms with van der Waals surface area (Å²) in [4.78, 5) is 18.9. The molecule has 1 aliphatic rings. The lowest BCUT2D eigenvalue weighted by Gasteiger charge is -2.17. The van der Waals surface area contributed by atoms with E-state index in [0.29, 0.717) is 11.5 Å². The number of amides is 1. The summed E-state index contributed by atoms with van der Waals surface area (Å²) in [6.45, 7) is 0.920. The van der Waals surface area contributed by atoms with Crippen molar-refractivity contribution in [3.05, 3.63) is 40.1 Å². The van der Waals surface area contributed by atoms with Crippen LogP contribution in [0.5, 0.6) is 0 Å². The molecule has 116 valence electrons. The average Bonchev–Trinajstić information content (AvgIpc) is 2.90. The Morgan fingerprint density at radius 1 is 1.36 bits per heavy atom. The second-order valence-electron chi connectivity index (χ2n) is 5.69. The number of imidazole rings is 1. The first-order valence-corrected chi connectivity index (χ1v) is 8.18. The van der Waals surface area contributed by atoms with Gasteiger partial charge in [0.25, 0.3) is 5.91 Å². The summed E-state index contributed by atoms with van der Waals surface area (Å²) in [5.41, 5.74) is 2.79. The van der Waals surface area contributed by atoms with Gasteiger partial charge in [0.05, 0.1) is 11.8 Å². The molecule has 5 nitrogen and oxygen atoms in total. The molecule has 0 aliphatic carbocycles. The van der Waals surface area contributed by atoms with Crippen LogP contribution >= 0.6 is 15.9 Å². The number of aryl methyl sites for hydroxylation is 1. The standard InChI is InChI=1S/C16H19BrN4O/c1-20(2)11-6-7-14(17)13(9-11)15(22)19-16-18-10-12-5-3-4-8-21(12)16/h6-7,9-10H,3-5,8H2,1-2H3,(H,18,19,22). The number of halogens is 1. The highest BCUT2D eigenvalue weighted by Gasteiger charge is 2.18. The third kappa shape index (κ3) is 2.88. The van der Waals surface area contributed by atoms with Gasteiger partial charge in [-0.25, -0.2) is 4.98 Å². The molecule has 2 heterocycles. The quantitative estimate of drug-likeness (QED) is 0.911. The molecular formula is C16H19BrN4O. The van der Waals surface area contributed by atoms with Gasteiger partial charge in [-0.1, -0.05) is 0 Å². The Labute approximate surface area is 138 Å². The molecule has 1 N–H and O–H groups in total. The van der Waals surface area contributed by atoms with E-state index in [9.17, 15) is 4.79 Å². The monoisotopic (exact) mass is 362 g/mol. The molecule has 0 atom stereocenters. The van der Waals surface area contributed by atoms with Gasteiger partial charge in [0.2, 0.25) is 5.95 Å². The first kappa shape index (κ1) is 15.1. The molecule has 0 spiro atoms. The maximum absolute atomic E-state index is 12.6. The number of nitrogens with one attached hydrogen (secondary N) is 1. The Morgan fingerprint density at radius 3 is 2.95 bits per heavy atom. The first-order valence-electron chi connectivity index (χ1n) is 7.39. The Morgan fingerprint density at radius 2 is 2.18 bits per heavy atom. The van der Waals surface area contributed by atoms with Crippen LogP contribution in [0.15, 0.2) is 28.9 Å². The third-order valence-corrected chi connectivity index (χ3v) is 4.63. The SMILES string of the molecule is CN(C)c1ccc(Br)c(C(=O)Nc2ncc3n2CCCC3)c1. The van der Waals surface area contributed by atoms with Gasteiger partial charge in [0.1, 0.15) is 0 Å². The van der Waals surface area contributed by atoms with Crippen molar-refractivity contribution < 1.29 is 4.79 Å². The molecule has 0 fully saturated rings. The van der Waals surface area contributed by atoms with Crippen LogP contribution in [0.3, 0.4) is 0 Å². The van der Waals surface area contributed by atoms with E-state index in [2.05, 4.69) is 30.8 Å². The molecule has 0 saturated carbocycles. The number of benzene rings is 1. The zero-order chi connectivity index (χ0) is 15.7. The average molecular weight is 363 g/mol. The maximum atomic E-state index is 12.6. The molecule has 0 unspecified atom stereocenters. The van der Waals surface area contributed by atoms with Gasteiger partial charge >= 0.3 is 0 Å². The van der Waals surface area contributed by atoms with Crippen molar-refractivity contribution in [2.75, 3.05) is 24.3 Å². The van der Waals surface area contributed by atoms with Crippen LogP contribution in [0.2, 0.25) is 0 Å². The Kier molecular flexibility index (Phi) is 4.20. The molecule has 0 saturated heterocycles. The largest absolute Gasteiger partial charge is 0.378 e. The summed E-state index contributed by atoms with van der Waals surface area (Å²) in [6.07, 6.45) is 5.21. The number of anilines is 2. The van der Waals surface area contributed by atoms with Crippen molar-refractivity contribution in [3.8, 4) is 0 Å². The van der Waals surface area contributed by atoms with Gasteiger partial charge in [0, 0.05) is 36.5 Å². The van der Waals surface area contributed by atoms with Gasteiger partial charge < -0.3 is 9.47 Å². The van der Waals surface area contributed by atoms with Gasteiger partial charge in [-0.05, 0) is 53.4 Å². The first-order chi connectivity index (χ1) is 10.6. The smallest absolute Gasteiger partial charge is 0.259 e. The molecule has 2 aromatic rings. The second-order valence-corrected chi connectivity index (χ2v) is 6.55. The fourth-order valence-electron chi connectivity index (χ4n) is 2.67. The van der Waals surface area contributed by atoms with E-state index < -0.39 is 0 Å². The zero-order valence-corrected chi connectivity index (χ0v) is 14.4. The van der Waals surface area contributed by atoms with E-state index in [4.69, 9.17) is 0 Å². The van der Waals surface area contributed by atoms with Gasteiger partial charge in [-0.15, -0.1) is 0 Å². The number of carbonyl (C=O) groups excluding carboxylic acids is 1. The van der Waals surface area contributed by atoms with Crippen LogP contribution in [0, 0.1) is 0 Å². The highest BCUT2D eigenvalue weighted by molar-refractivity contribution is 9.10. The summed E-state index contributed by atoms with van der Waals surface area (Å²) < 4.78 is 2.88. The lowest BCUT2D eigenvalue weighted by molar-refractivity contribution is 0.102. The Balaban J connectivity index is 1.86. The van der Waals surface area contributed by atoms with Crippen LogP contribution < -0.4 is 10.2 Å². The molecule has 1 aromatic carbocycles. The third-order valence-electron chi connectivity index (χ3n) is 3.94. The topological polar surface area (TPSA) is 50.2 Å². The van der Waals surface area contributed by atoms with Crippen LogP contribution in [0.1, 0.15) is 28.9 Å². The summed E-state index contributed by atoms with van der Waals surface area (Å²) >= 11 is 3.45. The number of nitrogens with zero attached hydrogens (tertiary/aromatic N) is 3. The van der Waals surface area contributed by atoms with E-state index >= 15 is 0 Å². The number of carbonyl (C=O) groups is 1. The molecule has 1 amide bonds. The Bertz CT molecular complexity index is 708. The minimum atomic E-state index is -0.144. The molecule has 1 aromatic heterocycles. The van der Waals surface area contributed by atoms with Crippen molar-refractivity contribution in [2.24, 2.45) is 0 Å². The van der Waals surface area contributed by atoms with Crippen LogP contribution in [0.4, 0.5) is 11.6 Å². The van der Waals surface area contributed by atoms with E-state index in [1.165, 1.54) is 12.1 Å². The highest BCUT2D eigenvalue weighted by atomic mass is 79.9. The fourth-order valence-corrected chi connectivity index (χ4v) is 3.10. The number of hydrogen-bond donors (Lipinski definition) is 1. The second kappa shape index (κ2) is 6.12. The molecule has 6 heteroatoms. The maximum Gasteiger partial charge on any atom is 0.259 e. The van der Waals surface area contributed by atoms with Crippen molar-refractivity contribution >= 4 is 33.5 Å². The minimum absolute atomic E-state index is 0.144. The molecular weight excluding hydrogens is 344 g/mol. The van der Waals surface area contributed by atoms with E-state index in [-0.39, 0.29) is 5.91 Å². The molecule has 3 rings (SSSR count). The summed E-state index contributed by atoms with van der Waals surface area (Å²) in [5, 5.41) is 2.94. The van der Waals surface area contributed by atoms with Crippen LogP contribution in [-0.2, 0) is 13.0 Å². The number of aromatic nitrogens is 2. The minimum Gasteiger partial charge on any atom is -0.378 e. The Hall–Kier alpha value is -1.82. The lowest BCUT2D eigenvalue weighted by atomic mass is 10.1. The number of fused-ring (bicyclic) bond motifs is 1. The molecule has 1 aliphatic heterocycles. The van der Waals surface area contributed by atoms with Crippen molar-refractivity contribution in [3.63, 3.8) is 0 Å². The van der Waals surface area contributed by atoms with Gasteiger partial charge in [-0.3, -0.25) is 10.1 Å². The number of hydrogen-bond acceptors (Lipinski definition) is 3. The van der Waals surface area contributed by atoms with E-state index in [1.807, 2.05) is 43.4 Å². The summed E-state index contributed by atoms with van der Waals surface area (Å²) in [5.74, 6) is 0.497. The number of rotatable bonds is 3. The van der Waals surface area contributed by atoms with Crippen molar-refractivity contribution in [1.82, 2.24) is 9.55 Å². The van der Waals surface area contributed by atoms with Gasteiger partial charge in [0.15, 0.2) is 0 Å². The van der Waals surface area contributed by atoms with Crippen molar-refractivity contribution in [2.45, 2.75) is 25.8 Å². The normalized spacial score (nSPS) is 13.6. The van der Waals surface area contributed by atoms with Crippen LogP contribution in [0.25, 0.3) is 0 Å². The highest BCUT2D eigenvalue weighted by Crippen LogP contribution is 2.25. The van der Waals surface area contributed by atoms with Crippen LogP contribution in [-0.4, -0.2) is 29.6 Å². The lowest BCUT2D eigenvalue weighted by Crippen LogP contribution is -2.19. The fraction of sp³-hybridized carbons (Fsp3) is 0.375. The summed E-state index contributed by atoms with van der Waals surface area (Å²) in [7, 11) is 3.91. The predicted molar refractivity (Wildman–Crippen MR) is 91.6 cm³/mol. The van der Waals surface area contributed by atoms with Gasteiger partial charge in [-0.2, -0.15) is 0 Å². The van der Waals surface area contributed by atoms with E-state index in [0.717, 1.165) is 29.5 Å². The molecule has 22 heavy (non-hydrogen) atoms. The molecule has 0 bridgehead atoms. The van der Waals surface area contributed by atoms with Crippen molar-refractivity contribution in [1.29, 1.82) is 0 Å². The van der Waals surface area contributed by atoms with E-state index in [1.54, 1.807) is 0 Å². The predicted octanol–water partition coefficient (Wildman–Crippen LogP) is 3.30. The summed E-state index contributed by atoms with van der Waals surface area (Å²) in [6, 6.07) is 5.74. The molecule has 0 radical (unpaired) electrons. The zero-order valence-electron chi connectivity index (χ0n) is 12.8.